The second kappa shape index (κ2) is 11.2. The number of hydrogen-bond acceptors (Lipinski definition) is 7. The van der Waals surface area contributed by atoms with Crippen molar-refractivity contribution in [3.8, 4) is 11.5 Å². The number of carboxylic acid groups (broad SMARTS) is 1. The molecule has 2 heterocycles. The molecule has 2 aliphatic heterocycles. The molecule has 9 nitrogen and oxygen atoms in total. The Labute approximate surface area is 220 Å². The zero-order valence-electron chi connectivity index (χ0n) is 19.4. The number of likely N-dealkylation sites (tertiary alicyclic amines) is 1. The zero-order valence-corrected chi connectivity index (χ0v) is 21.8. The molecule has 0 saturated carbocycles. The topological polar surface area (TPSA) is 113 Å². The number of ether oxygens (including phenoxy) is 2. The number of halogens is 1. The fourth-order valence-electron chi connectivity index (χ4n) is 3.90. The van der Waals surface area contributed by atoms with E-state index < -0.39 is 17.1 Å². The Balaban J connectivity index is 1.49. The minimum absolute atomic E-state index is 0.110. The number of hydrogen-bond donors (Lipinski definition) is 1. The number of methoxy groups -OCH3 is 1. The van der Waals surface area contributed by atoms with Crippen molar-refractivity contribution in [3.63, 3.8) is 0 Å². The molecule has 2 aliphatic rings. The van der Waals surface area contributed by atoms with Gasteiger partial charge in [0.1, 0.15) is 13.2 Å². The molecule has 3 amide bonds. The van der Waals surface area contributed by atoms with E-state index in [9.17, 15) is 19.2 Å². The van der Waals surface area contributed by atoms with Gasteiger partial charge < -0.3 is 19.5 Å². The number of carbonyl (C=O) groups excluding carboxylic acids is 3. The summed E-state index contributed by atoms with van der Waals surface area (Å²) >= 11 is 4.25. The summed E-state index contributed by atoms with van der Waals surface area (Å²) in [6, 6.07) is 9.81. The van der Waals surface area contributed by atoms with Crippen molar-refractivity contribution in [1.82, 2.24) is 9.80 Å². The molecule has 0 aliphatic carbocycles. The average molecular weight is 575 g/mol. The van der Waals surface area contributed by atoms with Gasteiger partial charge >= 0.3 is 5.97 Å². The van der Waals surface area contributed by atoms with E-state index in [4.69, 9.17) is 14.6 Å². The third-order valence-corrected chi connectivity index (χ3v) is 7.23. The first-order valence-electron chi connectivity index (χ1n) is 11.1. The minimum atomic E-state index is -1.02. The lowest BCUT2D eigenvalue weighted by Crippen LogP contribution is -2.40. The van der Waals surface area contributed by atoms with Crippen LogP contribution in [0.25, 0.3) is 6.08 Å². The van der Waals surface area contributed by atoms with E-state index in [2.05, 4.69) is 15.9 Å². The Morgan fingerprint density at radius 2 is 1.92 bits per heavy atom. The molecule has 2 saturated heterocycles. The lowest BCUT2D eigenvalue weighted by Gasteiger charge is -2.18. The van der Waals surface area contributed by atoms with Crippen molar-refractivity contribution in [2.45, 2.75) is 19.4 Å². The van der Waals surface area contributed by atoms with Gasteiger partial charge in [-0.2, -0.15) is 0 Å². The molecule has 0 bridgehead atoms. The fraction of sp³-hybridized carbons (Fsp3) is 0.280. The number of rotatable bonds is 8. The Morgan fingerprint density at radius 3 is 2.61 bits per heavy atom. The number of amides is 3. The number of nitrogens with zero attached hydrogens (tertiary/aromatic N) is 2. The second-order valence-electron chi connectivity index (χ2n) is 8.18. The van der Waals surface area contributed by atoms with Gasteiger partial charge in [0.05, 0.1) is 22.1 Å². The summed E-state index contributed by atoms with van der Waals surface area (Å²) in [5.74, 6) is -0.972. The van der Waals surface area contributed by atoms with E-state index >= 15 is 0 Å². The highest BCUT2D eigenvalue weighted by Gasteiger charge is 2.37. The van der Waals surface area contributed by atoms with Gasteiger partial charge in [-0.05, 0) is 82.0 Å². The van der Waals surface area contributed by atoms with E-state index in [1.165, 1.54) is 19.2 Å². The molecule has 2 aromatic carbocycles. The van der Waals surface area contributed by atoms with Crippen molar-refractivity contribution >= 4 is 56.8 Å². The number of carbonyl (C=O) groups is 4. The number of imide groups is 1. The Kier molecular flexibility index (Phi) is 8.00. The quantitative estimate of drug-likeness (QED) is 0.462. The first kappa shape index (κ1) is 25.8. The second-order valence-corrected chi connectivity index (χ2v) is 10.0. The van der Waals surface area contributed by atoms with Crippen LogP contribution in [0.4, 0.5) is 4.79 Å². The van der Waals surface area contributed by atoms with E-state index in [0.717, 1.165) is 29.5 Å². The number of thioether (sulfide) groups is 1. The van der Waals surface area contributed by atoms with Crippen LogP contribution >= 0.6 is 27.7 Å². The van der Waals surface area contributed by atoms with Gasteiger partial charge in [-0.1, -0.05) is 12.1 Å². The molecular weight excluding hydrogens is 552 g/mol. The molecular formula is C25H23BrN2O7S. The van der Waals surface area contributed by atoms with E-state index in [1.807, 2.05) is 0 Å². The SMILES string of the molecule is COc1cc(/C=C2/SC(=O)N(CC(=O)N3CCCC3)C2=O)cc(Br)c1OCc1cccc(C(=O)O)c1. The van der Waals surface area contributed by atoms with Crippen LogP contribution in [-0.4, -0.2) is 64.7 Å². The summed E-state index contributed by atoms with van der Waals surface area (Å²) in [7, 11) is 1.47. The van der Waals surface area contributed by atoms with Crippen LogP contribution in [0.1, 0.15) is 34.3 Å². The molecule has 4 rings (SSSR count). The highest BCUT2D eigenvalue weighted by Crippen LogP contribution is 2.39. The van der Waals surface area contributed by atoms with Crippen molar-refractivity contribution in [2.24, 2.45) is 0 Å². The third kappa shape index (κ3) is 5.73. The minimum Gasteiger partial charge on any atom is -0.493 e. The molecule has 188 valence electrons. The van der Waals surface area contributed by atoms with Crippen LogP contribution in [0.5, 0.6) is 11.5 Å². The van der Waals surface area contributed by atoms with Crippen molar-refractivity contribution in [3.05, 3.63) is 62.5 Å². The standard InChI is InChI=1S/C25H23BrN2O7S/c1-34-19-11-16(10-18(26)22(19)35-14-15-5-4-6-17(9-15)24(31)32)12-20-23(30)28(25(33)36-20)13-21(29)27-7-2-3-8-27/h4-6,9-12H,2-3,7-8,13-14H2,1H3,(H,31,32)/b20-12+. The highest BCUT2D eigenvalue weighted by molar-refractivity contribution is 9.10. The summed E-state index contributed by atoms with van der Waals surface area (Å²) in [4.78, 5) is 51.8. The van der Waals surface area contributed by atoms with Crippen LogP contribution in [-0.2, 0) is 16.2 Å². The van der Waals surface area contributed by atoms with E-state index in [-0.39, 0.29) is 29.5 Å². The van der Waals surface area contributed by atoms with Gasteiger partial charge in [0.2, 0.25) is 5.91 Å². The molecule has 2 fully saturated rings. The van der Waals surface area contributed by atoms with Crippen molar-refractivity contribution < 1.29 is 33.8 Å². The smallest absolute Gasteiger partial charge is 0.335 e. The number of carboxylic acids is 1. The first-order valence-corrected chi connectivity index (χ1v) is 12.7. The fourth-order valence-corrected chi connectivity index (χ4v) is 5.31. The van der Waals surface area contributed by atoms with Gasteiger partial charge in [0.25, 0.3) is 11.1 Å². The first-order chi connectivity index (χ1) is 17.3. The van der Waals surface area contributed by atoms with Gasteiger partial charge in [-0.3, -0.25) is 19.3 Å². The van der Waals surface area contributed by atoms with E-state index in [1.54, 1.807) is 35.2 Å². The molecule has 0 aromatic heterocycles. The van der Waals surface area contributed by atoms with Gasteiger partial charge in [-0.15, -0.1) is 0 Å². The molecule has 0 radical (unpaired) electrons. The van der Waals surface area contributed by atoms with Gasteiger partial charge in [0.15, 0.2) is 11.5 Å². The maximum Gasteiger partial charge on any atom is 0.335 e. The predicted octanol–water partition coefficient (Wildman–Crippen LogP) is 4.39. The lowest BCUT2D eigenvalue weighted by molar-refractivity contribution is -0.135. The van der Waals surface area contributed by atoms with Crippen LogP contribution in [0.15, 0.2) is 45.8 Å². The Hall–Kier alpha value is -3.31. The molecule has 36 heavy (non-hydrogen) atoms. The summed E-state index contributed by atoms with van der Waals surface area (Å²) in [6.07, 6.45) is 3.43. The third-order valence-electron chi connectivity index (χ3n) is 5.73. The van der Waals surface area contributed by atoms with Crippen LogP contribution in [0, 0.1) is 0 Å². The van der Waals surface area contributed by atoms with Crippen LogP contribution < -0.4 is 9.47 Å². The summed E-state index contributed by atoms with van der Waals surface area (Å²) in [6.45, 7) is 1.15. The normalized spacial score (nSPS) is 16.7. The number of benzene rings is 2. The highest BCUT2D eigenvalue weighted by atomic mass is 79.9. The summed E-state index contributed by atoms with van der Waals surface area (Å²) < 4.78 is 11.9. The molecule has 11 heteroatoms. The molecule has 0 atom stereocenters. The molecule has 0 spiro atoms. The summed E-state index contributed by atoms with van der Waals surface area (Å²) in [5, 5.41) is 8.69. The van der Waals surface area contributed by atoms with Crippen LogP contribution in [0.3, 0.4) is 0 Å². The molecule has 0 unspecified atom stereocenters. The average Bonchev–Trinajstić information content (AvgIpc) is 3.48. The molecule has 1 N–H and O–H groups in total. The van der Waals surface area contributed by atoms with E-state index in [0.29, 0.717) is 40.2 Å². The van der Waals surface area contributed by atoms with Crippen LogP contribution in [0.2, 0.25) is 0 Å². The number of aromatic carboxylic acids is 1. The molecule has 2 aromatic rings. The predicted molar refractivity (Wildman–Crippen MR) is 137 cm³/mol. The van der Waals surface area contributed by atoms with Gasteiger partial charge in [0, 0.05) is 13.1 Å². The largest absolute Gasteiger partial charge is 0.493 e. The monoisotopic (exact) mass is 574 g/mol. The maximum atomic E-state index is 12.8. The van der Waals surface area contributed by atoms with Crippen molar-refractivity contribution in [2.75, 3.05) is 26.7 Å². The maximum absolute atomic E-state index is 12.8. The zero-order chi connectivity index (χ0) is 25.8. The Bertz CT molecular complexity index is 1260. The summed E-state index contributed by atoms with van der Waals surface area (Å²) in [5.41, 5.74) is 1.42. The Morgan fingerprint density at radius 1 is 1.17 bits per heavy atom. The van der Waals surface area contributed by atoms with Gasteiger partial charge in [-0.25, -0.2) is 4.79 Å². The van der Waals surface area contributed by atoms with Crippen molar-refractivity contribution in [1.29, 1.82) is 0 Å². The lowest BCUT2D eigenvalue weighted by atomic mass is 10.1.